The van der Waals surface area contributed by atoms with Crippen LogP contribution in [-0.2, 0) is 18.9 Å². The summed E-state index contributed by atoms with van der Waals surface area (Å²) < 4.78 is 20.1. The lowest BCUT2D eigenvalue weighted by atomic mass is 10.1. The number of methoxy groups -OCH3 is 1. The third kappa shape index (κ3) is 30.1. The van der Waals surface area contributed by atoms with Gasteiger partial charge in [-0.1, -0.05) is 71.3 Å². The van der Waals surface area contributed by atoms with Gasteiger partial charge < -0.3 is 29.2 Å². The standard InChI is InChI=1S/C16H32O2.C6H14O4/c1-4-5-6-7-8-9-10-11-12-13-14-18-16(2)15-17-3;7-1-3-9-5-6-10-4-2-8/h2,4-15H2,1,3H3;7-8H,1-6H2. The van der Waals surface area contributed by atoms with Crippen LogP contribution in [0.4, 0.5) is 0 Å². The van der Waals surface area contributed by atoms with Gasteiger partial charge >= 0.3 is 0 Å². The third-order valence-electron chi connectivity index (χ3n) is 3.95. The average molecular weight is 407 g/mol. The maximum Gasteiger partial charge on any atom is 0.114 e. The number of ether oxygens (including phenoxy) is 4. The van der Waals surface area contributed by atoms with Gasteiger partial charge in [0.05, 0.1) is 46.2 Å². The summed E-state index contributed by atoms with van der Waals surface area (Å²) in [4.78, 5) is 0. The van der Waals surface area contributed by atoms with E-state index in [0.29, 0.717) is 33.0 Å². The molecule has 0 rings (SSSR count). The van der Waals surface area contributed by atoms with Crippen molar-refractivity contribution in [1.82, 2.24) is 0 Å². The summed E-state index contributed by atoms with van der Waals surface area (Å²) in [6, 6.07) is 0. The molecule has 0 aliphatic carbocycles. The number of aliphatic hydroxyl groups excluding tert-OH is 2. The van der Waals surface area contributed by atoms with Crippen molar-refractivity contribution in [2.75, 3.05) is 60.0 Å². The maximum absolute atomic E-state index is 8.26. The first-order valence-electron chi connectivity index (χ1n) is 10.9. The van der Waals surface area contributed by atoms with E-state index in [1.807, 2.05) is 0 Å². The number of unbranched alkanes of at least 4 members (excludes halogenated alkanes) is 9. The molecule has 0 unspecified atom stereocenters. The normalized spacial score (nSPS) is 10.4. The van der Waals surface area contributed by atoms with Crippen molar-refractivity contribution in [2.45, 2.75) is 71.1 Å². The Morgan fingerprint density at radius 1 is 0.679 bits per heavy atom. The molecule has 0 fully saturated rings. The highest BCUT2D eigenvalue weighted by Gasteiger charge is 1.95. The zero-order valence-electron chi connectivity index (χ0n) is 18.5. The van der Waals surface area contributed by atoms with Crippen molar-refractivity contribution >= 4 is 0 Å². The van der Waals surface area contributed by atoms with E-state index in [9.17, 15) is 0 Å². The van der Waals surface area contributed by atoms with Gasteiger partial charge in [-0.25, -0.2) is 0 Å². The highest BCUT2D eigenvalue weighted by molar-refractivity contribution is 4.81. The molecule has 0 spiro atoms. The molecule has 0 heterocycles. The van der Waals surface area contributed by atoms with Crippen LogP contribution in [0.1, 0.15) is 71.1 Å². The van der Waals surface area contributed by atoms with Gasteiger partial charge in [0, 0.05) is 7.11 Å². The van der Waals surface area contributed by atoms with Crippen LogP contribution in [0.15, 0.2) is 12.3 Å². The van der Waals surface area contributed by atoms with Gasteiger partial charge in [-0.05, 0) is 6.42 Å². The monoisotopic (exact) mass is 406 g/mol. The largest absolute Gasteiger partial charge is 0.496 e. The molecule has 0 aromatic rings. The van der Waals surface area contributed by atoms with Crippen LogP contribution in [-0.4, -0.2) is 70.2 Å². The topological polar surface area (TPSA) is 77.4 Å². The number of hydrogen-bond donors (Lipinski definition) is 2. The summed E-state index contributed by atoms with van der Waals surface area (Å²) in [6.45, 7) is 9.08. The van der Waals surface area contributed by atoms with E-state index in [4.69, 9.17) is 29.2 Å². The predicted octanol–water partition coefficient (Wildman–Crippen LogP) is 4.09. The van der Waals surface area contributed by atoms with E-state index in [-0.39, 0.29) is 13.2 Å². The number of hydrogen-bond acceptors (Lipinski definition) is 6. The van der Waals surface area contributed by atoms with Crippen LogP contribution in [0, 0.1) is 0 Å². The SMILES string of the molecule is C=C(COC)OCCCCCCCCCCCC.OCCOCCOCCO. The summed E-state index contributed by atoms with van der Waals surface area (Å²) in [5.74, 6) is 0.744. The highest BCUT2D eigenvalue weighted by Crippen LogP contribution is 2.10. The quantitative estimate of drug-likeness (QED) is 0.221. The number of rotatable bonds is 21. The Labute approximate surface area is 173 Å². The van der Waals surface area contributed by atoms with Gasteiger partial charge in [0.25, 0.3) is 0 Å². The minimum absolute atomic E-state index is 0.0417. The third-order valence-corrected chi connectivity index (χ3v) is 3.95. The lowest BCUT2D eigenvalue weighted by Crippen LogP contribution is -2.09. The van der Waals surface area contributed by atoms with E-state index in [1.165, 1.54) is 57.8 Å². The first-order valence-corrected chi connectivity index (χ1v) is 10.9. The van der Waals surface area contributed by atoms with E-state index >= 15 is 0 Å². The molecule has 2 N–H and O–H groups in total. The summed E-state index contributed by atoms with van der Waals surface area (Å²) in [5.41, 5.74) is 0. The average Bonchev–Trinajstić information content (AvgIpc) is 2.69. The van der Waals surface area contributed by atoms with Crippen LogP contribution in [0.25, 0.3) is 0 Å². The van der Waals surface area contributed by atoms with Gasteiger partial charge in [0.2, 0.25) is 0 Å². The maximum atomic E-state index is 8.26. The molecule has 0 amide bonds. The number of aliphatic hydroxyl groups is 2. The van der Waals surface area contributed by atoms with E-state index in [0.717, 1.165) is 18.8 Å². The predicted molar refractivity (Wildman–Crippen MR) is 115 cm³/mol. The van der Waals surface area contributed by atoms with Gasteiger partial charge in [-0.3, -0.25) is 0 Å². The molecule has 0 aromatic heterocycles. The minimum atomic E-state index is 0.0417. The van der Waals surface area contributed by atoms with Crippen LogP contribution in [0.3, 0.4) is 0 Å². The fourth-order valence-electron chi connectivity index (χ4n) is 2.46. The molecule has 6 heteroatoms. The van der Waals surface area contributed by atoms with E-state index in [2.05, 4.69) is 13.5 Å². The first kappa shape index (κ1) is 29.5. The summed E-state index contributed by atoms with van der Waals surface area (Å²) in [6.07, 6.45) is 13.5. The fourth-order valence-corrected chi connectivity index (χ4v) is 2.46. The summed E-state index contributed by atoms with van der Waals surface area (Å²) >= 11 is 0. The Morgan fingerprint density at radius 2 is 1.14 bits per heavy atom. The Morgan fingerprint density at radius 3 is 1.57 bits per heavy atom. The van der Waals surface area contributed by atoms with Crippen LogP contribution in [0.2, 0.25) is 0 Å². The zero-order chi connectivity index (χ0) is 21.1. The molecule has 170 valence electrons. The smallest absolute Gasteiger partial charge is 0.114 e. The second-order valence-electron chi connectivity index (χ2n) is 6.67. The summed E-state index contributed by atoms with van der Waals surface area (Å²) in [7, 11) is 1.66. The fraction of sp³-hybridized carbons (Fsp3) is 0.909. The van der Waals surface area contributed by atoms with Crippen LogP contribution in [0.5, 0.6) is 0 Å². The van der Waals surface area contributed by atoms with Crippen molar-refractivity contribution < 1.29 is 29.2 Å². The van der Waals surface area contributed by atoms with Crippen molar-refractivity contribution in [3.05, 3.63) is 12.3 Å². The lowest BCUT2D eigenvalue weighted by molar-refractivity contribution is 0.0222. The molecule has 6 nitrogen and oxygen atoms in total. The van der Waals surface area contributed by atoms with E-state index < -0.39 is 0 Å². The Balaban J connectivity index is 0. The molecule has 0 saturated carbocycles. The van der Waals surface area contributed by atoms with Crippen molar-refractivity contribution in [3.63, 3.8) is 0 Å². The molecule has 0 radical (unpaired) electrons. The van der Waals surface area contributed by atoms with E-state index in [1.54, 1.807) is 7.11 Å². The molecule has 0 atom stereocenters. The molecule has 0 aliphatic rings. The second kappa shape index (κ2) is 28.5. The van der Waals surface area contributed by atoms with Gasteiger partial charge in [0.1, 0.15) is 12.4 Å². The van der Waals surface area contributed by atoms with Crippen LogP contribution >= 0.6 is 0 Å². The zero-order valence-corrected chi connectivity index (χ0v) is 18.5. The highest BCUT2D eigenvalue weighted by atomic mass is 16.5. The molecule has 28 heavy (non-hydrogen) atoms. The molecular weight excluding hydrogens is 360 g/mol. The van der Waals surface area contributed by atoms with Crippen molar-refractivity contribution in [3.8, 4) is 0 Å². The second-order valence-corrected chi connectivity index (χ2v) is 6.67. The minimum Gasteiger partial charge on any atom is -0.496 e. The van der Waals surface area contributed by atoms with Crippen molar-refractivity contribution in [1.29, 1.82) is 0 Å². The van der Waals surface area contributed by atoms with Gasteiger partial charge in [0.15, 0.2) is 0 Å². The Hall–Kier alpha value is -0.660. The molecular formula is C22H46O6. The molecule has 0 bridgehead atoms. The molecule has 0 aromatic carbocycles. The Bertz CT molecular complexity index is 278. The Kier molecular flexibility index (Phi) is 30.1. The lowest BCUT2D eigenvalue weighted by Gasteiger charge is -2.07. The summed E-state index contributed by atoms with van der Waals surface area (Å²) in [5, 5.41) is 16.5. The molecule has 0 saturated heterocycles. The first-order chi connectivity index (χ1) is 13.7. The van der Waals surface area contributed by atoms with Crippen LogP contribution < -0.4 is 0 Å². The van der Waals surface area contributed by atoms with Gasteiger partial charge in [-0.15, -0.1) is 0 Å². The van der Waals surface area contributed by atoms with Gasteiger partial charge in [-0.2, -0.15) is 0 Å². The molecule has 0 aliphatic heterocycles. The van der Waals surface area contributed by atoms with Crippen molar-refractivity contribution in [2.24, 2.45) is 0 Å².